The van der Waals surface area contributed by atoms with Crippen LogP contribution in [-0.4, -0.2) is 12.0 Å². The van der Waals surface area contributed by atoms with Crippen LogP contribution in [0.1, 0.15) is 30.9 Å². The molecule has 0 spiro atoms. The Balaban J connectivity index is 2.61. The van der Waals surface area contributed by atoms with Crippen molar-refractivity contribution in [3.8, 4) is 17.2 Å². The van der Waals surface area contributed by atoms with Crippen LogP contribution in [0.3, 0.4) is 0 Å². The van der Waals surface area contributed by atoms with Crippen LogP contribution in [0.15, 0.2) is 33.2 Å². The highest BCUT2D eigenvalue weighted by Crippen LogP contribution is 2.49. The van der Waals surface area contributed by atoms with E-state index in [1.807, 2.05) is 13.8 Å². The molecule has 0 aliphatic rings. The van der Waals surface area contributed by atoms with Crippen molar-refractivity contribution in [3.63, 3.8) is 0 Å². The second kappa shape index (κ2) is 8.05. The fraction of sp³-hybridized carbons (Fsp3) is 0.294. The highest BCUT2D eigenvalue weighted by atomic mass is 79.9. The second-order valence-corrected chi connectivity index (χ2v) is 7.46. The largest absolute Gasteiger partial charge is 0.496 e. The molecule has 0 aromatic heterocycles. The molecule has 0 saturated heterocycles. The minimum absolute atomic E-state index is 0.0102. The van der Waals surface area contributed by atoms with Crippen molar-refractivity contribution in [1.82, 2.24) is 0 Å². The predicted molar refractivity (Wildman–Crippen MR) is 101 cm³/mol. The number of benzene rings is 2. The van der Waals surface area contributed by atoms with Gasteiger partial charge in [0.1, 0.15) is 11.5 Å². The second-order valence-electron chi connectivity index (χ2n) is 5.81. The monoisotopic (exact) mass is 511 g/mol. The van der Waals surface area contributed by atoms with Gasteiger partial charge in [-0.1, -0.05) is 13.8 Å². The molecular weight excluding hydrogens is 499 g/mol. The number of ether oxygens (including phenoxy) is 2. The zero-order valence-corrected chi connectivity index (χ0v) is 17.5. The Kier molecular flexibility index (Phi) is 6.41. The molecule has 0 bridgehead atoms. The van der Waals surface area contributed by atoms with Gasteiger partial charge >= 0.3 is 6.18 Å². The van der Waals surface area contributed by atoms with Gasteiger partial charge in [0.15, 0.2) is 11.3 Å². The third-order valence-corrected chi connectivity index (χ3v) is 5.02. The topological polar surface area (TPSA) is 61.6 Å². The van der Waals surface area contributed by atoms with Gasteiger partial charge in [0.25, 0.3) is 5.69 Å². The maximum atomic E-state index is 13.4. The van der Waals surface area contributed by atoms with Crippen molar-refractivity contribution in [2.45, 2.75) is 25.9 Å². The van der Waals surface area contributed by atoms with E-state index in [2.05, 4.69) is 31.9 Å². The summed E-state index contributed by atoms with van der Waals surface area (Å²) in [5, 5.41) is 11.0. The Bertz CT molecular complexity index is 885. The Morgan fingerprint density at radius 2 is 1.81 bits per heavy atom. The molecule has 0 aliphatic carbocycles. The molecule has 0 N–H and O–H groups in total. The summed E-state index contributed by atoms with van der Waals surface area (Å²) in [4.78, 5) is 9.95. The van der Waals surface area contributed by atoms with E-state index < -0.39 is 26.8 Å². The van der Waals surface area contributed by atoms with Crippen LogP contribution in [0.5, 0.6) is 17.2 Å². The standard InChI is InChI=1S/C17H14Br2F3NO4/c1-8(2)10-6-9(4-5-13(10)26-3)27-16-11(18)7-12(23(24)25)14(15(16)19)17(20,21)22/h4-8H,1-3H3. The fourth-order valence-corrected chi connectivity index (χ4v) is 3.93. The Morgan fingerprint density at radius 1 is 1.19 bits per heavy atom. The van der Waals surface area contributed by atoms with Gasteiger partial charge in [-0.05, 0) is 56.0 Å². The number of hydrogen-bond acceptors (Lipinski definition) is 4. The molecule has 27 heavy (non-hydrogen) atoms. The van der Waals surface area contributed by atoms with E-state index in [9.17, 15) is 23.3 Å². The average molecular weight is 513 g/mol. The van der Waals surface area contributed by atoms with E-state index in [0.29, 0.717) is 5.75 Å². The van der Waals surface area contributed by atoms with Crippen LogP contribution >= 0.6 is 31.9 Å². The summed E-state index contributed by atoms with van der Waals surface area (Å²) in [7, 11) is 1.51. The number of hydrogen-bond donors (Lipinski definition) is 0. The van der Waals surface area contributed by atoms with E-state index in [0.717, 1.165) is 11.6 Å². The lowest BCUT2D eigenvalue weighted by Gasteiger charge is -2.17. The number of alkyl halides is 3. The molecule has 0 radical (unpaired) electrons. The number of halogens is 5. The van der Waals surface area contributed by atoms with Crippen molar-refractivity contribution in [3.05, 3.63) is 54.5 Å². The first-order chi connectivity index (χ1) is 12.5. The first kappa shape index (κ1) is 21.5. The van der Waals surface area contributed by atoms with Crippen molar-refractivity contribution < 1.29 is 27.6 Å². The number of nitro groups is 1. The molecule has 0 heterocycles. The normalized spacial score (nSPS) is 11.6. The molecule has 2 aromatic carbocycles. The lowest BCUT2D eigenvalue weighted by Crippen LogP contribution is -2.11. The molecule has 5 nitrogen and oxygen atoms in total. The summed E-state index contributed by atoms with van der Waals surface area (Å²) >= 11 is 5.86. The van der Waals surface area contributed by atoms with Crippen LogP contribution in [0.25, 0.3) is 0 Å². The van der Waals surface area contributed by atoms with Gasteiger partial charge in [0.2, 0.25) is 0 Å². The van der Waals surface area contributed by atoms with Gasteiger partial charge in [0.05, 0.1) is 21.0 Å². The molecule has 0 aliphatic heterocycles. The third kappa shape index (κ3) is 4.55. The van der Waals surface area contributed by atoms with Crippen LogP contribution in [-0.2, 0) is 6.18 Å². The minimum atomic E-state index is -4.94. The lowest BCUT2D eigenvalue weighted by atomic mass is 10.0. The summed E-state index contributed by atoms with van der Waals surface area (Å²) < 4.78 is 50.4. The van der Waals surface area contributed by atoms with Gasteiger partial charge < -0.3 is 9.47 Å². The van der Waals surface area contributed by atoms with Crippen molar-refractivity contribution in [1.29, 1.82) is 0 Å². The van der Waals surface area contributed by atoms with Crippen LogP contribution in [0.4, 0.5) is 18.9 Å². The van der Waals surface area contributed by atoms with Gasteiger partial charge in [0, 0.05) is 11.6 Å². The Hall–Kier alpha value is -1.81. The molecule has 0 unspecified atom stereocenters. The average Bonchev–Trinajstić information content (AvgIpc) is 2.56. The Morgan fingerprint density at radius 3 is 2.30 bits per heavy atom. The number of nitrogens with zero attached hydrogens (tertiary/aromatic N) is 1. The number of nitro benzene ring substituents is 1. The molecule has 2 rings (SSSR count). The summed E-state index contributed by atoms with van der Waals surface area (Å²) in [5.41, 5.74) is -1.69. The summed E-state index contributed by atoms with van der Waals surface area (Å²) in [6.07, 6.45) is -4.94. The fourth-order valence-electron chi connectivity index (χ4n) is 2.44. The minimum Gasteiger partial charge on any atom is -0.496 e. The quantitative estimate of drug-likeness (QED) is 0.317. The molecule has 10 heteroatoms. The van der Waals surface area contributed by atoms with Gasteiger partial charge in [-0.3, -0.25) is 10.1 Å². The lowest BCUT2D eigenvalue weighted by molar-refractivity contribution is -0.388. The zero-order valence-electron chi connectivity index (χ0n) is 14.4. The molecule has 0 amide bonds. The number of rotatable bonds is 5. The Labute approximate surface area is 169 Å². The van der Waals surface area contributed by atoms with Crippen LogP contribution in [0, 0.1) is 10.1 Å². The van der Waals surface area contributed by atoms with E-state index in [-0.39, 0.29) is 21.9 Å². The van der Waals surface area contributed by atoms with Crippen LogP contribution < -0.4 is 9.47 Å². The van der Waals surface area contributed by atoms with Gasteiger partial charge in [-0.25, -0.2) is 0 Å². The van der Waals surface area contributed by atoms with E-state index >= 15 is 0 Å². The van der Waals surface area contributed by atoms with Crippen LogP contribution in [0.2, 0.25) is 0 Å². The molecule has 146 valence electrons. The molecule has 0 saturated carbocycles. The first-order valence-electron chi connectivity index (χ1n) is 7.56. The van der Waals surface area contributed by atoms with Crippen molar-refractivity contribution in [2.24, 2.45) is 0 Å². The third-order valence-electron chi connectivity index (χ3n) is 3.68. The maximum absolute atomic E-state index is 13.4. The van der Waals surface area contributed by atoms with E-state index in [1.54, 1.807) is 12.1 Å². The van der Waals surface area contributed by atoms with Gasteiger partial charge in [-0.15, -0.1) is 0 Å². The molecular formula is C17H14Br2F3NO4. The molecule has 0 fully saturated rings. The van der Waals surface area contributed by atoms with Gasteiger partial charge in [-0.2, -0.15) is 13.2 Å². The summed E-state index contributed by atoms with van der Waals surface area (Å²) in [6.45, 7) is 3.86. The summed E-state index contributed by atoms with van der Waals surface area (Å²) in [5.74, 6) is 0.754. The predicted octanol–water partition coefficient (Wildman–Crippen LogP) is 7.06. The molecule has 0 atom stereocenters. The van der Waals surface area contributed by atoms with Crippen molar-refractivity contribution >= 4 is 37.5 Å². The van der Waals surface area contributed by atoms with E-state index in [1.165, 1.54) is 13.2 Å². The first-order valence-corrected chi connectivity index (χ1v) is 9.15. The highest BCUT2D eigenvalue weighted by Gasteiger charge is 2.43. The highest BCUT2D eigenvalue weighted by molar-refractivity contribution is 9.11. The maximum Gasteiger partial charge on any atom is 0.424 e. The summed E-state index contributed by atoms with van der Waals surface area (Å²) in [6, 6.07) is 5.60. The van der Waals surface area contributed by atoms with Crippen molar-refractivity contribution in [2.75, 3.05) is 7.11 Å². The SMILES string of the molecule is COc1ccc(Oc2c(Br)cc([N+](=O)[O-])c(C(F)(F)F)c2Br)cc1C(C)C. The molecule has 2 aromatic rings. The zero-order chi connectivity index (χ0) is 20.5. The smallest absolute Gasteiger partial charge is 0.424 e. The number of methoxy groups -OCH3 is 1. The van der Waals surface area contributed by atoms with E-state index in [4.69, 9.17) is 9.47 Å².